The molecule has 2 nitrogen and oxygen atoms in total. The highest BCUT2D eigenvalue weighted by Crippen LogP contribution is 2.15. The Morgan fingerprint density at radius 3 is 2.53 bits per heavy atom. The second kappa shape index (κ2) is 7.13. The minimum atomic E-state index is -0.393. The normalized spacial score (nSPS) is 13.5. The fraction of sp³-hybridized carbons (Fsp3) is 0.467. The van der Waals surface area contributed by atoms with E-state index in [9.17, 15) is 5.11 Å². The van der Waals surface area contributed by atoms with Crippen LogP contribution < -0.4 is 4.74 Å². The first kappa shape index (κ1) is 13.8. The Labute approximate surface area is 104 Å². The zero-order valence-corrected chi connectivity index (χ0v) is 10.9. The molecule has 0 aliphatic heterocycles. The first-order valence-corrected chi connectivity index (χ1v) is 6.22. The van der Waals surface area contributed by atoms with Gasteiger partial charge < -0.3 is 9.84 Å². The number of aliphatic hydroxyl groups is 1. The van der Waals surface area contributed by atoms with Gasteiger partial charge in [-0.1, -0.05) is 31.6 Å². The maximum atomic E-state index is 9.39. The third-order valence-electron chi connectivity index (χ3n) is 2.70. The first-order chi connectivity index (χ1) is 8.13. The summed E-state index contributed by atoms with van der Waals surface area (Å²) in [4.78, 5) is 0. The molecule has 1 aromatic rings. The molecule has 1 unspecified atom stereocenters. The van der Waals surface area contributed by atoms with Crippen LogP contribution in [0.25, 0.3) is 6.08 Å². The third-order valence-corrected chi connectivity index (χ3v) is 2.70. The Morgan fingerprint density at radius 1 is 1.35 bits per heavy atom. The fourth-order valence-corrected chi connectivity index (χ4v) is 1.38. The summed E-state index contributed by atoms with van der Waals surface area (Å²) in [5.41, 5.74) is 2.05. The molecule has 0 heterocycles. The van der Waals surface area contributed by atoms with E-state index in [0.29, 0.717) is 0 Å². The molecule has 0 fully saturated rings. The number of hydrogen-bond donors (Lipinski definition) is 1. The van der Waals surface area contributed by atoms with Crippen LogP contribution in [0.2, 0.25) is 0 Å². The number of unbranched alkanes of at least 4 members (excludes halogenated alkanes) is 1. The number of benzene rings is 1. The topological polar surface area (TPSA) is 29.5 Å². The van der Waals surface area contributed by atoms with Crippen LogP contribution in [0, 0.1) is 0 Å². The standard InChI is InChI=1S/C15H22O2/c1-4-5-10-17-15-8-6-14(7-9-15)11-12(2)13(3)16/h6-9,11,13,16H,4-5,10H2,1-3H3/b12-11-. The van der Waals surface area contributed by atoms with Gasteiger partial charge in [-0.3, -0.25) is 0 Å². The lowest BCUT2D eigenvalue weighted by atomic mass is 10.1. The van der Waals surface area contributed by atoms with Crippen molar-refractivity contribution in [2.24, 2.45) is 0 Å². The van der Waals surface area contributed by atoms with Crippen LogP contribution in [-0.2, 0) is 0 Å². The number of hydrogen-bond acceptors (Lipinski definition) is 2. The van der Waals surface area contributed by atoms with Crippen LogP contribution in [0.4, 0.5) is 0 Å². The predicted molar refractivity (Wildman–Crippen MR) is 72.2 cm³/mol. The Kier molecular flexibility index (Phi) is 5.78. The molecule has 0 radical (unpaired) electrons. The monoisotopic (exact) mass is 234 g/mol. The molecular formula is C15H22O2. The van der Waals surface area contributed by atoms with Gasteiger partial charge in [0, 0.05) is 0 Å². The molecule has 94 valence electrons. The average molecular weight is 234 g/mol. The van der Waals surface area contributed by atoms with E-state index in [4.69, 9.17) is 4.74 Å². The van der Waals surface area contributed by atoms with E-state index in [1.54, 1.807) is 6.92 Å². The highest BCUT2D eigenvalue weighted by molar-refractivity contribution is 5.54. The van der Waals surface area contributed by atoms with Gasteiger partial charge in [-0.2, -0.15) is 0 Å². The van der Waals surface area contributed by atoms with Crippen LogP contribution in [0.5, 0.6) is 5.75 Å². The molecule has 0 bridgehead atoms. The summed E-state index contributed by atoms with van der Waals surface area (Å²) in [5.74, 6) is 0.908. The maximum absolute atomic E-state index is 9.39. The number of rotatable bonds is 6. The molecule has 1 N–H and O–H groups in total. The lowest BCUT2D eigenvalue weighted by molar-refractivity contribution is 0.232. The minimum Gasteiger partial charge on any atom is -0.494 e. The van der Waals surface area contributed by atoms with Gasteiger partial charge in [0.15, 0.2) is 0 Å². The maximum Gasteiger partial charge on any atom is 0.119 e. The van der Waals surface area contributed by atoms with Crippen molar-refractivity contribution in [3.05, 3.63) is 35.4 Å². The lowest BCUT2D eigenvalue weighted by Gasteiger charge is -2.06. The molecular weight excluding hydrogens is 212 g/mol. The highest BCUT2D eigenvalue weighted by atomic mass is 16.5. The van der Waals surface area contributed by atoms with Crippen LogP contribution in [0.1, 0.15) is 39.2 Å². The molecule has 1 rings (SSSR count). The van der Waals surface area contributed by atoms with Crippen molar-refractivity contribution in [1.82, 2.24) is 0 Å². The number of ether oxygens (including phenoxy) is 1. The summed E-state index contributed by atoms with van der Waals surface area (Å²) in [6, 6.07) is 7.95. The average Bonchev–Trinajstić information content (AvgIpc) is 2.31. The molecule has 1 aromatic carbocycles. The van der Waals surface area contributed by atoms with Crippen LogP contribution in [0.3, 0.4) is 0 Å². The van der Waals surface area contributed by atoms with Crippen molar-refractivity contribution >= 4 is 6.08 Å². The summed E-state index contributed by atoms with van der Waals surface area (Å²) in [5, 5.41) is 9.39. The summed E-state index contributed by atoms with van der Waals surface area (Å²) in [6.45, 7) is 6.62. The smallest absolute Gasteiger partial charge is 0.119 e. The molecule has 0 aliphatic rings. The summed E-state index contributed by atoms with van der Waals surface area (Å²) >= 11 is 0. The number of aliphatic hydroxyl groups excluding tert-OH is 1. The zero-order chi connectivity index (χ0) is 12.7. The molecule has 0 aliphatic carbocycles. The fourth-order valence-electron chi connectivity index (χ4n) is 1.38. The van der Waals surface area contributed by atoms with Gasteiger partial charge in [-0.25, -0.2) is 0 Å². The zero-order valence-electron chi connectivity index (χ0n) is 10.9. The van der Waals surface area contributed by atoms with Crippen LogP contribution in [-0.4, -0.2) is 17.8 Å². The quantitative estimate of drug-likeness (QED) is 0.761. The van der Waals surface area contributed by atoms with Crippen molar-refractivity contribution < 1.29 is 9.84 Å². The molecule has 0 amide bonds. The third kappa shape index (κ3) is 5.05. The first-order valence-electron chi connectivity index (χ1n) is 6.22. The van der Waals surface area contributed by atoms with Crippen molar-refractivity contribution in [2.45, 2.75) is 39.7 Å². The van der Waals surface area contributed by atoms with E-state index in [-0.39, 0.29) is 0 Å². The summed E-state index contributed by atoms with van der Waals surface area (Å²) in [7, 11) is 0. The largest absolute Gasteiger partial charge is 0.494 e. The molecule has 0 aromatic heterocycles. The lowest BCUT2D eigenvalue weighted by Crippen LogP contribution is -2.00. The van der Waals surface area contributed by atoms with E-state index in [0.717, 1.165) is 36.3 Å². The Bertz CT molecular complexity index is 350. The molecule has 0 saturated carbocycles. The molecule has 1 atom stereocenters. The van der Waals surface area contributed by atoms with E-state index in [1.807, 2.05) is 37.3 Å². The van der Waals surface area contributed by atoms with Crippen molar-refractivity contribution in [2.75, 3.05) is 6.61 Å². The predicted octanol–water partition coefficient (Wildman–Crippen LogP) is 3.65. The SMILES string of the molecule is CCCCOc1ccc(/C=C(/C)C(C)O)cc1. The molecule has 17 heavy (non-hydrogen) atoms. The Hall–Kier alpha value is -1.28. The van der Waals surface area contributed by atoms with Crippen molar-refractivity contribution in [3.8, 4) is 5.75 Å². The Balaban J connectivity index is 2.59. The van der Waals surface area contributed by atoms with Gasteiger partial charge in [0.25, 0.3) is 0 Å². The molecule has 2 heteroatoms. The van der Waals surface area contributed by atoms with Crippen molar-refractivity contribution in [1.29, 1.82) is 0 Å². The summed E-state index contributed by atoms with van der Waals surface area (Å²) in [6.07, 6.45) is 3.83. The van der Waals surface area contributed by atoms with Gasteiger partial charge in [-0.15, -0.1) is 0 Å². The molecule has 0 saturated heterocycles. The molecule has 0 spiro atoms. The summed E-state index contributed by atoms with van der Waals surface area (Å²) < 4.78 is 5.58. The van der Waals surface area contributed by atoms with Gasteiger partial charge in [0.05, 0.1) is 12.7 Å². The van der Waals surface area contributed by atoms with Gasteiger partial charge in [-0.05, 0) is 43.5 Å². The van der Waals surface area contributed by atoms with E-state index < -0.39 is 6.10 Å². The van der Waals surface area contributed by atoms with E-state index in [2.05, 4.69) is 6.92 Å². The van der Waals surface area contributed by atoms with Gasteiger partial charge in [0.1, 0.15) is 5.75 Å². The second-order valence-corrected chi connectivity index (χ2v) is 4.34. The van der Waals surface area contributed by atoms with E-state index >= 15 is 0 Å². The second-order valence-electron chi connectivity index (χ2n) is 4.34. The van der Waals surface area contributed by atoms with Gasteiger partial charge in [0.2, 0.25) is 0 Å². The highest BCUT2D eigenvalue weighted by Gasteiger charge is 1.98. The van der Waals surface area contributed by atoms with Crippen LogP contribution in [0.15, 0.2) is 29.8 Å². The van der Waals surface area contributed by atoms with Gasteiger partial charge >= 0.3 is 0 Å². The van der Waals surface area contributed by atoms with Crippen LogP contribution >= 0.6 is 0 Å². The van der Waals surface area contributed by atoms with Crippen molar-refractivity contribution in [3.63, 3.8) is 0 Å². The minimum absolute atomic E-state index is 0.393. The van der Waals surface area contributed by atoms with E-state index in [1.165, 1.54) is 0 Å². The Morgan fingerprint density at radius 2 is 2.00 bits per heavy atom.